The molecule has 0 heterocycles. The molecule has 1 rings (SSSR count). The second-order valence-corrected chi connectivity index (χ2v) is 5.15. The molecule has 0 spiro atoms. The highest BCUT2D eigenvalue weighted by Crippen LogP contribution is 2.24. The maximum Gasteiger partial charge on any atom is 0.326 e. The molecule has 0 aliphatic rings. The van der Waals surface area contributed by atoms with Crippen molar-refractivity contribution < 1.29 is 19.5 Å². The zero-order chi connectivity index (χ0) is 16.0. The fourth-order valence-corrected chi connectivity index (χ4v) is 2.18. The third-order valence-electron chi connectivity index (χ3n) is 2.71. The maximum absolute atomic E-state index is 11.9. The van der Waals surface area contributed by atoms with Crippen LogP contribution in [-0.4, -0.2) is 28.9 Å². The van der Waals surface area contributed by atoms with Crippen LogP contribution in [0.2, 0.25) is 10.0 Å². The largest absolute Gasteiger partial charge is 0.480 e. The molecule has 21 heavy (non-hydrogen) atoms. The molecular weight excluding hydrogens is 319 g/mol. The SMILES string of the molecule is NC(=O)CCC(NC(=O)Cc1c(Cl)cccc1Cl)C(=O)O. The number of primary amides is 1. The van der Waals surface area contributed by atoms with Gasteiger partial charge >= 0.3 is 5.97 Å². The third-order valence-corrected chi connectivity index (χ3v) is 3.42. The van der Waals surface area contributed by atoms with Crippen LogP contribution in [0.1, 0.15) is 18.4 Å². The van der Waals surface area contributed by atoms with E-state index in [1.807, 2.05) is 0 Å². The number of carbonyl (C=O) groups is 3. The summed E-state index contributed by atoms with van der Waals surface area (Å²) in [5.74, 6) is -2.43. The molecule has 1 aromatic rings. The predicted octanol–water partition coefficient (Wildman–Crippen LogP) is 1.37. The fourth-order valence-electron chi connectivity index (χ4n) is 1.65. The van der Waals surface area contributed by atoms with Crippen LogP contribution in [0, 0.1) is 0 Å². The van der Waals surface area contributed by atoms with Gasteiger partial charge in [0.05, 0.1) is 6.42 Å². The molecule has 0 fully saturated rings. The van der Waals surface area contributed by atoms with E-state index < -0.39 is 23.8 Å². The van der Waals surface area contributed by atoms with E-state index in [0.717, 1.165) is 0 Å². The van der Waals surface area contributed by atoms with Crippen molar-refractivity contribution in [3.63, 3.8) is 0 Å². The number of amides is 2. The predicted molar refractivity (Wildman–Crippen MR) is 78.2 cm³/mol. The van der Waals surface area contributed by atoms with Crippen LogP contribution in [0.25, 0.3) is 0 Å². The summed E-state index contributed by atoms with van der Waals surface area (Å²) in [6.45, 7) is 0. The number of hydrogen-bond donors (Lipinski definition) is 3. The first kappa shape index (κ1) is 17.3. The van der Waals surface area contributed by atoms with Crippen LogP contribution < -0.4 is 11.1 Å². The van der Waals surface area contributed by atoms with Gasteiger partial charge in [-0.2, -0.15) is 0 Å². The molecule has 6 nitrogen and oxygen atoms in total. The van der Waals surface area contributed by atoms with Gasteiger partial charge in [-0.15, -0.1) is 0 Å². The first-order valence-electron chi connectivity index (χ1n) is 6.04. The van der Waals surface area contributed by atoms with E-state index in [2.05, 4.69) is 5.32 Å². The summed E-state index contributed by atoms with van der Waals surface area (Å²) >= 11 is 11.9. The fraction of sp³-hybridized carbons (Fsp3) is 0.308. The Bertz CT molecular complexity index is 543. The number of rotatable bonds is 7. The molecule has 4 N–H and O–H groups in total. The summed E-state index contributed by atoms with van der Waals surface area (Å²) < 4.78 is 0. The van der Waals surface area contributed by atoms with Crippen LogP contribution >= 0.6 is 23.2 Å². The first-order chi connectivity index (χ1) is 9.81. The Hall–Kier alpha value is -1.79. The molecule has 2 amide bonds. The van der Waals surface area contributed by atoms with Crippen LogP contribution in [0.4, 0.5) is 0 Å². The van der Waals surface area contributed by atoms with Crippen molar-refractivity contribution in [3.05, 3.63) is 33.8 Å². The zero-order valence-corrected chi connectivity index (χ0v) is 12.4. The smallest absolute Gasteiger partial charge is 0.326 e. The van der Waals surface area contributed by atoms with Gasteiger partial charge in [-0.1, -0.05) is 29.3 Å². The number of aliphatic carboxylic acids is 1. The molecule has 114 valence electrons. The normalized spacial score (nSPS) is 11.7. The molecule has 1 aromatic carbocycles. The van der Waals surface area contributed by atoms with Crippen molar-refractivity contribution in [1.82, 2.24) is 5.32 Å². The van der Waals surface area contributed by atoms with Gasteiger partial charge in [0.1, 0.15) is 6.04 Å². The van der Waals surface area contributed by atoms with Crippen molar-refractivity contribution >= 4 is 41.0 Å². The van der Waals surface area contributed by atoms with Gasteiger partial charge in [-0.05, 0) is 24.1 Å². The zero-order valence-electron chi connectivity index (χ0n) is 10.9. The van der Waals surface area contributed by atoms with Gasteiger partial charge in [0.15, 0.2) is 0 Å². The summed E-state index contributed by atoms with van der Waals surface area (Å²) in [6.07, 6.45) is -0.365. The summed E-state index contributed by atoms with van der Waals surface area (Å²) in [6, 6.07) is 3.61. The highest BCUT2D eigenvalue weighted by atomic mass is 35.5. The monoisotopic (exact) mass is 332 g/mol. The number of halogens is 2. The standard InChI is InChI=1S/C13H14Cl2N2O4/c14-8-2-1-3-9(15)7(8)6-12(19)17-10(13(20)21)4-5-11(16)18/h1-3,10H,4-6H2,(H2,16,18)(H,17,19)(H,20,21). The van der Waals surface area contributed by atoms with Crippen molar-refractivity contribution in [1.29, 1.82) is 0 Å². The Morgan fingerprint density at radius 3 is 2.29 bits per heavy atom. The minimum absolute atomic E-state index is 0.0767. The highest BCUT2D eigenvalue weighted by molar-refractivity contribution is 6.36. The van der Waals surface area contributed by atoms with E-state index in [1.54, 1.807) is 18.2 Å². The lowest BCUT2D eigenvalue weighted by Crippen LogP contribution is -2.42. The topological polar surface area (TPSA) is 109 Å². The molecule has 1 unspecified atom stereocenters. The van der Waals surface area contributed by atoms with E-state index in [9.17, 15) is 14.4 Å². The van der Waals surface area contributed by atoms with E-state index in [4.69, 9.17) is 34.0 Å². The molecule has 0 aliphatic heterocycles. The van der Waals surface area contributed by atoms with Gasteiger partial charge in [-0.25, -0.2) is 4.79 Å². The van der Waals surface area contributed by atoms with Crippen molar-refractivity contribution in [2.45, 2.75) is 25.3 Å². The van der Waals surface area contributed by atoms with Gasteiger partial charge in [-0.3, -0.25) is 9.59 Å². The van der Waals surface area contributed by atoms with Crippen molar-refractivity contribution in [2.24, 2.45) is 5.73 Å². The van der Waals surface area contributed by atoms with E-state index in [1.165, 1.54) is 0 Å². The Morgan fingerprint density at radius 2 is 1.81 bits per heavy atom. The van der Waals surface area contributed by atoms with Crippen LogP contribution in [0.5, 0.6) is 0 Å². The maximum atomic E-state index is 11.9. The summed E-state index contributed by atoms with van der Waals surface area (Å²) in [7, 11) is 0. The third kappa shape index (κ3) is 5.61. The summed E-state index contributed by atoms with van der Waals surface area (Å²) in [4.78, 5) is 33.6. The number of benzene rings is 1. The van der Waals surface area contributed by atoms with E-state index in [0.29, 0.717) is 15.6 Å². The minimum Gasteiger partial charge on any atom is -0.480 e. The molecular formula is C13H14Cl2N2O4. The Balaban J connectivity index is 2.70. The molecule has 0 saturated carbocycles. The Labute approximate surface area is 131 Å². The number of nitrogens with one attached hydrogen (secondary N) is 1. The van der Waals surface area contributed by atoms with Gasteiger partial charge in [0.25, 0.3) is 0 Å². The molecule has 0 saturated heterocycles. The Morgan fingerprint density at radius 1 is 1.24 bits per heavy atom. The second kappa shape index (κ2) is 7.85. The van der Waals surface area contributed by atoms with Gasteiger partial charge in [0, 0.05) is 16.5 Å². The first-order valence-corrected chi connectivity index (χ1v) is 6.80. The Kier molecular flexibility index (Phi) is 6.45. The van der Waals surface area contributed by atoms with E-state index >= 15 is 0 Å². The molecule has 8 heteroatoms. The molecule has 0 radical (unpaired) electrons. The second-order valence-electron chi connectivity index (χ2n) is 4.34. The summed E-state index contributed by atoms with van der Waals surface area (Å²) in [5, 5.41) is 11.9. The van der Waals surface area contributed by atoms with Crippen molar-refractivity contribution in [3.8, 4) is 0 Å². The van der Waals surface area contributed by atoms with Gasteiger partial charge in [0.2, 0.25) is 11.8 Å². The lowest BCUT2D eigenvalue weighted by atomic mass is 10.1. The molecule has 0 aliphatic carbocycles. The molecule has 1 atom stereocenters. The lowest BCUT2D eigenvalue weighted by Gasteiger charge is -2.14. The van der Waals surface area contributed by atoms with Crippen LogP contribution in [0.3, 0.4) is 0 Å². The lowest BCUT2D eigenvalue weighted by molar-refractivity contribution is -0.142. The average molecular weight is 333 g/mol. The number of carboxylic acids is 1. The molecule has 0 aromatic heterocycles. The van der Waals surface area contributed by atoms with Crippen LogP contribution in [-0.2, 0) is 20.8 Å². The summed E-state index contributed by atoms with van der Waals surface area (Å²) in [5.41, 5.74) is 5.37. The van der Waals surface area contributed by atoms with E-state index in [-0.39, 0.29) is 19.3 Å². The number of carboxylic acid groups (broad SMARTS) is 1. The van der Waals surface area contributed by atoms with Crippen LogP contribution in [0.15, 0.2) is 18.2 Å². The average Bonchev–Trinajstić information content (AvgIpc) is 2.38. The number of hydrogen-bond acceptors (Lipinski definition) is 3. The minimum atomic E-state index is -1.24. The number of nitrogens with two attached hydrogens (primary N) is 1. The number of carbonyl (C=O) groups excluding carboxylic acids is 2. The highest BCUT2D eigenvalue weighted by Gasteiger charge is 2.21. The quantitative estimate of drug-likeness (QED) is 0.700. The van der Waals surface area contributed by atoms with Gasteiger partial charge < -0.3 is 16.2 Å². The van der Waals surface area contributed by atoms with Crippen molar-refractivity contribution in [2.75, 3.05) is 0 Å². The molecule has 0 bridgehead atoms.